The molecule has 0 saturated heterocycles. The van der Waals surface area contributed by atoms with Crippen molar-refractivity contribution in [1.29, 1.82) is 0 Å². The van der Waals surface area contributed by atoms with Crippen LogP contribution in [0.3, 0.4) is 0 Å². The van der Waals surface area contributed by atoms with Gasteiger partial charge in [-0.3, -0.25) is 9.59 Å². The standard InChI is InChI=1S/C20H16ClF2N5O4/c1-10(11-4-14(21)19(25-5-11)32-8-16(22)23)28-6-13-12(20(28)30)2-3-24-17(13)27-18(29)15-7-31-9-26-15/h2-5,7,9-10,16H,6,8H2,1H3,(H,24,27,29). The number of ether oxygens (including phenoxy) is 1. The average molecular weight is 464 g/mol. The van der Waals surface area contributed by atoms with Gasteiger partial charge in [-0.2, -0.15) is 0 Å². The van der Waals surface area contributed by atoms with Gasteiger partial charge in [0.15, 0.2) is 18.7 Å². The molecule has 166 valence electrons. The van der Waals surface area contributed by atoms with Crippen molar-refractivity contribution in [2.75, 3.05) is 11.9 Å². The number of alkyl halides is 2. The zero-order chi connectivity index (χ0) is 22.8. The highest BCUT2D eigenvalue weighted by atomic mass is 35.5. The van der Waals surface area contributed by atoms with Gasteiger partial charge in [0.2, 0.25) is 5.88 Å². The highest BCUT2D eigenvalue weighted by molar-refractivity contribution is 6.31. The van der Waals surface area contributed by atoms with Crippen molar-refractivity contribution in [3.8, 4) is 5.88 Å². The number of halogens is 3. The van der Waals surface area contributed by atoms with Gasteiger partial charge in [-0.15, -0.1) is 0 Å². The second kappa shape index (κ2) is 8.87. The largest absolute Gasteiger partial charge is 0.471 e. The molecule has 1 aliphatic heterocycles. The van der Waals surface area contributed by atoms with Crippen LogP contribution in [-0.2, 0) is 6.54 Å². The predicted molar refractivity (Wildman–Crippen MR) is 108 cm³/mol. The summed E-state index contributed by atoms with van der Waals surface area (Å²) in [6.07, 6.45) is 2.52. The van der Waals surface area contributed by atoms with E-state index < -0.39 is 25.0 Å². The van der Waals surface area contributed by atoms with Gasteiger partial charge in [0.1, 0.15) is 17.1 Å². The number of nitrogens with one attached hydrogen (secondary N) is 1. The van der Waals surface area contributed by atoms with Gasteiger partial charge in [-0.05, 0) is 24.6 Å². The number of hydrogen-bond acceptors (Lipinski definition) is 7. The molecule has 0 radical (unpaired) electrons. The van der Waals surface area contributed by atoms with E-state index in [1.54, 1.807) is 17.9 Å². The molecule has 0 fully saturated rings. The molecular formula is C20H16ClF2N5O4. The van der Waals surface area contributed by atoms with Crippen LogP contribution in [0.4, 0.5) is 14.6 Å². The number of anilines is 1. The summed E-state index contributed by atoms with van der Waals surface area (Å²) in [6.45, 7) is 1.13. The van der Waals surface area contributed by atoms with Crippen molar-refractivity contribution in [2.45, 2.75) is 25.9 Å². The van der Waals surface area contributed by atoms with Crippen LogP contribution in [0.15, 0.2) is 41.6 Å². The number of pyridine rings is 2. The van der Waals surface area contributed by atoms with Crippen molar-refractivity contribution in [3.63, 3.8) is 0 Å². The molecule has 12 heteroatoms. The third-order valence-electron chi connectivity index (χ3n) is 4.90. The molecule has 9 nitrogen and oxygen atoms in total. The Kier molecular flexibility index (Phi) is 5.99. The van der Waals surface area contributed by atoms with Crippen LogP contribution in [0, 0.1) is 0 Å². The minimum Gasteiger partial charge on any atom is -0.471 e. The molecule has 0 bridgehead atoms. The van der Waals surface area contributed by atoms with Crippen molar-refractivity contribution < 1.29 is 27.5 Å². The van der Waals surface area contributed by atoms with Crippen molar-refractivity contribution in [2.24, 2.45) is 0 Å². The van der Waals surface area contributed by atoms with Gasteiger partial charge < -0.3 is 19.4 Å². The van der Waals surface area contributed by atoms with Gasteiger partial charge in [-0.25, -0.2) is 23.7 Å². The average Bonchev–Trinajstić information content (AvgIpc) is 3.42. The summed E-state index contributed by atoms with van der Waals surface area (Å²) in [6, 6.07) is 2.63. The molecule has 1 atom stereocenters. The summed E-state index contributed by atoms with van der Waals surface area (Å²) in [4.78, 5) is 38.8. The smallest absolute Gasteiger partial charge is 0.278 e. The first-order valence-corrected chi connectivity index (χ1v) is 9.77. The first kappa shape index (κ1) is 21.6. The molecular weight excluding hydrogens is 448 g/mol. The SMILES string of the molecule is CC(c1cnc(OCC(F)F)c(Cl)c1)N1Cc2c(ccnc2NC(=O)c2cocn2)C1=O. The topological polar surface area (TPSA) is 110 Å². The Morgan fingerprint density at radius 3 is 2.88 bits per heavy atom. The molecule has 4 rings (SSSR count). The molecule has 0 aliphatic carbocycles. The van der Waals surface area contributed by atoms with E-state index in [4.69, 9.17) is 20.8 Å². The first-order chi connectivity index (χ1) is 15.3. The first-order valence-electron chi connectivity index (χ1n) is 9.40. The molecule has 2 amide bonds. The van der Waals surface area contributed by atoms with E-state index in [-0.39, 0.29) is 34.9 Å². The Morgan fingerprint density at radius 2 is 2.19 bits per heavy atom. The van der Waals surface area contributed by atoms with Gasteiger partial charge >= 0.3 is 0 Å². The summed E-state index contributed by atoms with van der Waals surface area (Å²) in [5.74, 6) is -0.651. The van der Waals surface area contributed by atoms with Crippen LogP contribution in [0.1, 0.15) is 44.9 Å². The molecule has 3 aromatic rings. The summed E-state index contributed by atoms with van der Waals surface area (Å²) in [5, 5.41) is 2.70. The van der Waals surface area contributed by atoms with Crippen LogP contribution < -0.4 is 10.1 Å². The molecule has 4 heterocycles. The number of hydrogen-bond donors (Lipinski definition) is 1. The van der Waals surface area contributed by atoms with Crippen molar-refractivity contribution in [1.82, 2.24) is 19.9 Å². The number of fused-ring (bicyclic) bond motifs is 1. The second-order valence-corrected chi connectivity index (χ2v) is 7.29. The van der Waals surface area contributed by atoms with Gasteiger partial charge in [0.25, 0.3) is 18.2 Å². The zero-order valence-electron chi connectivity index (χ0n) is 16.6. The maximum Gasteiger partial charge on any atom is 0.278 e. The Bertz CT molecular complexity index is 1160. The van der Waals surface area contributed by atoms with E-state index in [0.29, 0.717) is 16.7 Å². The lowest BCUT2D eigenvalue weighted by Crippen LogP contribution is -2.27. The summed E-state index contributed by atoms with van der Waals surface area (Å²) < 4.78 is 34.4. The van der Waals surface area contributed by atoms with Crippen LogP contribution in [0.2, 0.25) is 5.02 Å². The number of carbonyl (C=O) groups excluding carboxylic acids is 2. The normalized spacial score (nSPS) is 13.9. The highest BCUT2D eigenvalue weighted by Gasteiger charge is 2.34. The molecule has 1 N–H and O–H groups in total. The minimum absolute atomic E-state index is 0.0568. The Hall–Kier alpha value is -3.60. The Labute approximate surface area is 185 Å². The number of amides is 2. The lowest BCUT2D eigenvalue weighted by Gasteiger charge is -2.24. The fourth-order valence-corrected chi connectivity index (χ4v) is 3.49. The lowest BCUT2D eigenvalue weighted by atomic mass is 10.1. The third-order valence-corrected chi connectivity index (χ3v) is 5.17. The van der Waals surface area contributed by atoms with E-state index in [1.165, 1.54) is 24.7 Å². The van der Waals surface area contributed by atoms with Crippen LogP contribution in [0.5, 0.6) is 5.88 Å². The summed E-state index contributed by atoms with van der Waals surface area (Å²) in [7, 11) is 0. The molecule has 0 saturated carbocycles. The van der Waals surface area contributed by atoms with Crippen molar-refractivity contribution >= 4 is 29.2 Å². The fraction of sp³-hybridized carbons (Fsp3) is 0.250. The van der Waals surface area contributed by atoms with E-state index in [1.807, 2.05) is 0 Å². The Morgan fingerprint density at radius 1 is 1.38 bits per heavy atom. The number of oxazole rings is 1. The van der Waals surface area contributed by atoms with E-state index in [0.717, 1.165) is 6.39 Å². The maximum absolute atomic E-state index is 13.0. The molecule has 32 heavy (non-hydrogen) atoms. The molecule has 0 spiro atoms. The number of carbonyl (C=O) groups is 2. The highest BCUT2D eigenvalue weighted by Crippen LogP contribution is 2.35. The molecule has 1 unspecified atom stereocenters. The van der Waals surface area contributed by atoms with Crippen molar-refractivity contribution in [3.05, 3.63) is 64.6 Å². The number of aromatic nitrogens is 3. The van der Waals surface area contributed by atoms with E-state index in [2.05, 4.69) is 20.3 Å². The number of rotatable bonds is 7. The van der Waals surface area contributed by atoms with Gasteiger partial charge in [0.05, 0.1) is 12.6 Å². The predicted octanol–water partition coefficient (Wildman–Crippen LogP) is 3.73. The fourth-order valence-electron chi connectivity index (χ4n) is 3.26. The van der Waals surface area contributed by atoms with Crippen LogP contribution >= 0.6 is 11.6 Å². The molecule has 1 aliphatic rings. The minimum atomic E-state index is -2.65. The third kappa shape index (κ3) is 4.24. The van der Waals surface area contributed by atoms with E-state index in [9.17, 15) is 18.4 Å². The summed E-state index contributed by atoms with van der Waals surface area (Å²) in [5.41, 5.74) is 1.62. The Balaban J connectivity index is 1.53. The maximum atomic E-state index is 13.0. The second-order valence-electron chi connectivity index (χ2n) is 6.88. The molecule has 0 aromatic carbocycles. The quantitative estimate of drug-likeness (QED) is 0.568. The zero-order valence-corrected chi connectivity index (χ0v) is 17.3. The van der Waals surface area contributed by atoms with Gasteiger partial charge in [-0.1, -0.05) is 11.6 Å². The number of nitrogens with zero attached hydrogens (tertiary/aromatic N) is 4. The monoisotopic (exact) mass is 463 g/mol. The molecule has 3 aromatic heterocycles. The van der Waals surface area contributed by atoms with Crippen LogP contribution in [0.25, 0.3) is 0 Å². The lowest BCUT2D eigenvalue weighted by molar-refractivity contribution is 0.0713. The summed E-state index contributed by atoms with van der Waals surface area (Å²) >= 11 is 6.11. The van der Waals surface area contributed by atoms with Gasteiger partial charge in [0, 0.05) is 23.5 Å². The van der Waals surface area contributed by atoms with Crippen LogP contribution in [-0.4, -0.2) is 44.7 Å². The van der Waals surface area contributed by atoms with E-state index >= 15 is 0 Å².